The number of nitrogens with one attached hydrogen (secondary N) is 3. The van der Waals surface area contributed by atoms with Gasteiger partial charge in [0.2, 0.25) is 5.91 Å². The number of halogens is 1. The van der Waals surface area contributed by atoms with Crippen LogP contribution in [0.4, 0.5) is 10.5 Å². The highest BCUT2D eigenvalue weighted by atomic mass is 35.5. The lowest BCUT2D eigenvalue weighted by Crippen LogP contribution is -2.50. The molecule has 0 bridgehead atoms. The average Bonchev–Trinajstić information content (AvgIpc) is 3.15. The molecule has 1 aromatic heterocycles. The Hall–Kier alpha value is -2.62. The molecule has 0 unspecified atom stereocenters. The van der Waals surface area contributed by atoms with Gasteiger partial charge in [0.15, 0.2) is 0 Å². The molecular weight excluding hydrogens is 464 g/mol. The zero-order chi connectivity index (χ0) is 24.0. The van der Waals surface area contributed by atoms with Crippen molar-refractivity contribution in [2.45, 2.75) is 25.8 Å². The van der Waals surface area contributed by atoms with Gasteiger partial charge in [0.1, 0.15) is 6.04 Å². The molecule has 0 fully saturated rings. The van der Waals surface area contributed by atoms with Gasteiger partial charge >= 0.3 is 6.09 Å². The van der Waals surface area contributed by atoms with Crippen molar-refractivity contribution >= 4 is 46.5 Å². The van der Waals surface area contributed by atoms with Crippen molar-refractivity contribution in [2.24, 2.45) is 5.92 Å². The zero-order valence-corrected chi connectivity index (χ0v) is 20.5. The zero-order valence-electron chi connectivity index (χ0n) is 18.9. The Morgan fingerprint density at radius 2 is 1.88 bits per heavy atom. The molecule has 3 N–H and O–H groups in total. The maximum absolute atomic E-state index is 13.2. The van der Waals surface area contributed by atoms with E-state index in [0.29, 0.717) is 14.9 Å². The number of alkyl carbamates (subject to hydrolysis) is 1. The third-order valence-corrected chi connectivity index (χ3v) is 6.92. The number of anilines is 1. The van der Waals surface area contributed by atoms with Crippen molar-refractivity contribution in [2.75, 3.05) is 39.1 Å². The lowest BCUT2D eigenvalue weighted by atomic mass is 9.99. The van der Waals surface area contributed by atoms with Crippen LogP contribution in [0.25, 0.3) is 0 Å². The van der Waals surface area contributed by atoms with E-state index in [1.165, 1.54) is 18.2 Å². The predicted octanol–water partition coefficient (Wildman–Crippen LogP) is 3.16. The fraction of sp³-hybridized carbons (Fsp3) is 0.435. The Morgan fingerprint density at radius 3 is 2.55 bits per heavy atom. The van der Waals surface area contributed by atoms with Crippen LogP contribution in [-0.2, 0) is 22.4 Å². The largest absolute Gasteiger partial charge is 0.453 e. The number of nitrogens with zero attached hydrogens (tertiary/aromatic N) is 1. The Labute approximate surface area is 202 Å². The molecule has 1 aliphatic heterocycles. The summed E-state index contributed by atoms with van der Waals surface area (Å²) in [6.45, 7) is 3.88. The molecule has 1 aromatic carbocycles. The van der Waals surface area contributed by atoms with Gasteiger partial charge in [0.25, 0.3) is 5.91 Å². The predicted molar refractivity (Wildman–Crippen MR) is 130 cm³/mol. The molecule has 0 radical (unpaired) electrons. The highest BCUT2D eigenvalue weighted by molar-refractivity contribution is 7.18. The van der Waals surface area contributed by atoms with Crippen LogP contribution < -0.4 is 16.0 Å². The number of hydrogen-bond acceptors (Lipinski definition) is 6. The van der Waals surface area contributed by atoms with Gasteiger partial charge in [-0.25, -0.2) is 4.79 Å². The number of carbonyl (C=O) groups is 3. The number of methoxy groups -OCH3 is 1. The molecule has 8 nitrogen and oxygen atoms in total. The van der Waals surface area contributed by atoms with Crippen molar-refractivity contribution in [3.05, 3.63) is 50.7 Å². The standard InChI is InChI=1S/C23H29ClN4O4S/c1-14(13-25-23(31)32-3)20(27-21(29)18-6-7-19(24)33-18)22(30)26-17-5-4-15-8-10-28(2)11-9-16(15)12-17/h4-7,12,14,20H,8-11,13H2,1-3H3,(H,25,31)(H,26,30)(H,27,29)/t14-,20+/m0/s1. The summed E-state index contributed by atoms with van der Waals surface area (Å²) in [7, 11) is 3.37. The summed E-state index contributed by atoms with van der Waals surface area (Å²) in [4.78, 5) is 40.1. The molecule has 0 aliphatic carbocycles. The second kappa shape index (κ2) is 11.5. The fourth-order valence-electron chi connectivity index (χ4n) is 3.68. The molecule has 33 heavy (non-hydrogen) atoms. The molecule has 2 aromatic rings. The second-order valence-corrected chi connectivity index (χ2v) is 9.90. The first-order valence-corrected chi connectivity index (χ1v) is 12.0. The topological polar surface area (TPSA) is 99.8 Å². The van der Waals surface area contributed by atoms with Crippen molar-refractivity contribution in [3.8, 4) is 0 Å². The molecule has 3 amide bonds. The van der Waals surface area contributed by atoms with E-state index in [0.717, 1.165) is 37.3 Å². The van der Waals surface area contributed by atoms with Crippen LogP contribution in [0.2, 0.25) is 4.34 Å². The first-order chi connectivity index (χ1) is 15.8. The third kappa shape index (κ3) is 6.93. The molecular formula is C23H29ClN4O4S. The number of carbonyl (C=O) groups excluding carboxylic acids is 3. The molecule has 2 atom stereocenters. The van der Waals surface area contributed by atoms with Crippen LogP contribution in [0, 0.1) is 5.92 Å². The summed E-state index contributed by atoms with van der Waals surface area (Å²) in [5, 5.41) is 8.31. The van der Waals surface area contributed by atoms with Gasteiger partial charge in [0, 0.05) is 31.2 Å². The highest BCUT2D eigenvalue weighted by Crippen LogP contribution is 2.23. The maximum Gasteiger partial charge on any atom is 0.406 e. The number of fused-ring (bicyclic) bond motifs is 1. The molecule has 10 heteroatoms. The Morgan fingerprint density at radius 1 is 1.15 bits per heavy atom. The number of rotatable bonds is 7. The number of ether oxygens (including phenoxy) is 1. The summed E-state index contributed by atoms with van der Waals surface area (Å²) < 4.78 is 5.09. The molecule has 3 rings (SSSR count). The number of likely N-dealkylation sites (N-methyl/N-ethyl adjacent to an activating group) is 1. The minimum absolute atomic E-state index is 0.146. The van der Waals surface area contributed by atoms with Crippen molar-refractivity contribution in [3.63, 3.8) is 0 Å². The van der Waals surface area contributed by atoms with E-state index in [1.807, 2.05) is 18.2 Å². The molecule has 2 heterocycles. The lowest BCUT2D eigenvalue weighted by molar-refractivity contribution is -0.119. The molecule has 178 valence electrons. The van der Waals surface area contributed by atoms with Crippen molar-refractivity contribution < 1.29 is 19.1 Å². The Kier molecular flexibility index (Phi) is 8.71. The van der Waals surface area contributed by atoms with Crippen LogP contribution >= 0.6 is 22.9 Å². The van der Waals surface area contributed by atoms with Crippen LogP contribution in [0.15, 0.2) is 30.3 Å². The van der Waals surface area contributed by atoms with Crippen molar-refractivity contribution in [1.29, 1.82) is 0 Å². The Bertz CT molecular complexity index is 1010. The van der Waals surface area contributed by atoms with E-state index < -0.39 is 24.0 Å². The van der Waals surface area contributed by atoms with Crippen LogP contribution in [0.3, 0.4) is 0 Å². The third-order valence-electron chi connectivity index (χ3n) is 5.69. The summed E-state index contributed by atoms with van der Waals surface area (Å²) in [6.07, 6.45) is 1.28. The smallest absolute Gasteiger partial charge is 0.406 e. The van der Waals surface area contributed by atoms with Gasteiger partial charge < -0.3 is 25.6 Å². The number of benzene rings is 1. The molecule has 0 spiro atoms. The second-order valence-electron chi connectivity index (χ2n) is 8.18. The number of thiophene rings is 1. The quantitative estimate of drug-likeness (QED) is 0.551. The summed E-state index contributed by atoms with van der Waals surface area (Å²) in [6, 6.07) is 8.29. The van der Waals surface area contributed by atoms with E-state index in [-0.39, 0.29) is 12.5 Å². The van der Waals surface area contributed by atoms with Crippen LogP contribution in [0.1, 0.15) is 27.7 Å². The summed E-state index contributed by atoms with van der Waals surface area (Å²) >= 11 is 7.08. The van der Waals surface area contributed by atoms with Crippen LogP contribution in [-0.4, -0.2) is 62.6 Å². The van der Waals surface area contributed by atoms with Gasteiger partial charge in [-0.3, -0.25) is 9.59 Å². The van der Waals surface area contributed by atoms with Gasteiger partial charge in [-0.2, -0.15) is 0 Å². The van der Waals surface area contributed by atoms with E-state index in [1.54, 1.807) is 19.1 Å². The van der Waals surface area contributed by atoms with Crippen LogP contribution in [0.5, 0.6) is 0 Å². The van der Waals surface area contributed by atoms with Gasteiger partial charge in [0.05, 0.1) is 16.3 Å². The highest BCUT2D eigenvalue weighted by Gasteiger charge is 2.28. The molecule has 0 saturated carbocycles. The fourth-order valence-corrected chi connectivity index (χ4v) is 4.63. The van der Waals surface area contributed by atoms with E-state index in [2.05, 4.69) is 32.6 Å². The SMILES string of the molecule is COC(=O)NC[C@H](C)[C@@H](NC(=O)c1ccc(Cl)s1)C(=O)Nc1ccc2c(c1)CCN(C)CC2. The van der Waals surface area contributed by atoms with E-state index in [9.17, 15) is 14.4 Å². The van der Waals surface area contributed by atoms with Gasteiger partial charge in [-0.1, -0.05) is 24.6 Å². The number of hydrogen-bond donors (Lipinski definition) is 3. The maximum atomic E-state index is 13.2. The number of amides is 3. The summed E-state index contributed by atoms with van der Waals surface area (Å²) in [5.41, 5.74) is 3.17. The first-order valence-electron chi connectivity index (χ1n) is 10.8. The minimum atomic E-state index is -0.888. The van der Waals surface area contributed by atoms with Crippen molar-refractivity contribution in [1.82, 2.24) is 15.5 Å². The average molecular weight is 493 g/mol. The van der Waals surface area contributed by atoms with E-state index >= 15 is 0 Å². The van der Waals surface area contributed by atoms with Gasteiger partial charge in [-0.05, 0) is 55.3 Å². The first kappa shape index (κ1) is 25.0. The summed E-state index contributed by atoms with van der Waals surface area (Å²) in [5.74, 6) is -1.17. The molecule has 0 saturated heterocycles. The van der Waals surface area contributed by atoms with Gasteiger partial charge in [-0.15, -0.1) is 11.3 Å². The monoisotopic (exact) mass is 492 g/mol. The molecule has 1 aliphatic rings. The normalized spacial score (nSPS) is 15.5. The Balaban J connectivity index is 1.75. The van der Waals surface area contributed by atoms with E-state index in [4.69, 9.17) is 11.6 Å². The lowest BCUT2D eigenvalue weighted by Gasteiger charge is -2.24. The minimum Gasteiger partial charge on any atom is -0.453 e.